The van der Waals surface area contributed by atoms with Crippen molar-refractivity contribution >= 4 is 48.6 Å². The fourth-order valence-corrected chi connectivity index (χ4v) is 8.01. The minimum atomic E-state index is -0.100. The summed E-state index contributed by atoms with van der Waals surface area (Å²) in [5.74, 6) is 1.97. The van der Waals surface area contributed by atoms with Gasteiger partial charge in [0.15, 0.2) is 17.5 Å². The Bertz CT molecular complexity index is 2400. The van der Waals surface area contributed by atoms with Gasteiger partial charge in [0.25, 0.3) is 0 Å². The van der Waals surface area contributed by atoms with Gasteiger partial charge in [0.1, 0.15) is 0 Å². The predicted octanol–water partition coefficient (Wildman–Crippen LogP) is 11.3. The van der Waals surface area contributed by atoms with E-state index in [-0.39, 0.29) is 5.41 Å². The van der Waals surface area contributed by atoms with Gasteiger partial charge in [0.2, 0.25) is 0 Å². The molecule has 0 saturated heterocycles. The molecule has 9 rings (SSSR count). The number of rotatable bonds is 4. The van der Waals surface area contributed by atoms with Crippen molar-refractivity contribution in [3.05, 3.63) is 157 Å². The lowest BCUT2D eigenvalue weighted by Gasteiger charge is -2.42. The van der Waals surface area contributed by atoms with Crippen LogP contribution in [0, 0.1) is 0 Å². The van der Waals surface area contributed by atoms with E-state index >= 15 is 0 Å². The summed E-state index contributed by atoms with van der Waals surface area (Å²) in [5.41, 5.74) is 8.90. The molecule has 4 nitrogen and oxygen atoms in total. The molecule has 1 aliphatic rings. The van der Waals surface area contributed by atoms with E-state index in [9.17, 15) is 0 Å². The van der Waals surface area contributed by atoms with Gasteiger partial charge >= 0.3 is 0 Å². The van der Waals surface area contributed by atoms with E-state index in [1.807, 2.05) is 41.7 Å². The molecule has 224 valence electrons. The highest BCUT2D eigenvalue weighted by molar-refractivity contribution is 7.25. The first-order valence-electron chi connectivity index (χ1n) is 15.9. The summed E-state index contributed by atoms with van der Waals surface area (Å²) in [5, 5.41) is 2.48. The first-order chi connectivity index (χ1) is 23.0. The summed E-state index contributed by atoms with van der Waals surface area (Å²) >= 11 is 1.81. The quantitative estimate of drug-likeness (QED) is 0.196. The standard InChI is InChI=1S/C42H30N4S/c1-42(2)33-15-7-9-17-35(33)46(36-18-10-8-16-34(36)42)30-23-20-28(21-24-30)40-43-39(27-12-4-3-5-13-27)44-41(45-40)29-22-25-38-32(26-29)31-14-6-11-19-37(31)47-38/h3-26H,1-2H3. The van der Waals surface area contributed by atoms with Crippen molar-refractivity contribution < 1.29 is 0 Å². The summed E-state index contributed by atoms with van der Waals surface area (Å²) in [4.78, 5) is 17.4. The summed E-state index contributed by atoms with van der Waals surface area (Å²) in [6.45, 7) is 4.62. The molecular formula is C42H30N4S. The molecule has 47 heavy (non-hydrogen) atoms. The molecule has 0 atom stereocenters. The van der Waals surface area contributed by atoms with Gasteiger partial charge in [-0.15, -0.1) is 11.3 Å². The van der Waals surface area contributed by atoms with Gasteiger partial charge in [0.05, 0.1) is 11.4 Å². The Morgan fingerprint density at radius 3 is 1.66 bits per heavy atom. The van der Waals surface area contributed by atoms with Crippen molar-refractivity contribution in [2.45, 2.75) is 19.3 Å². The van der Waals surface area contributed by atoms with Gasteiger partial charge in [-0.2, -0.15) is 0 Å². The molecule has 0 unspecified atom stereocenters. The lowest BCUT2D eigenvalue weighted by molar-refractivity contribution is 0.632. The first-order valence-corrected chi connectivity index (χ1v) is 16.7. The van der Waals surface area contributed by atoms with Gasteiger partial charge in [-0.3, -0.25) is 0 Å². The molecule has 6 aromatic carbocycles. The maximum Gasteiger partial charge on any atom is 0.164 e. The fourth-order valence-electron chi connectivity index (χ4n) is 6.92. The minimum Gasteiger partial charge on any atom is -0.310 e. The van der Waals surface area contributed by atoms with E-state index in [0.29, 0.717) is 17.5 Å². The molecule has 0 fully saturated rings. The molecule has 0 spiro atoms. The predicted molar refractivity (Wildman–Crippen MR) is 196 cm³/mol. The summed E-state index contributed by atoms with van der Waals surface area (Å²) < 4.78 is 2.54. The highest BCUT2D eigenvalue weighted by atomic mass is 32.1. The number of hydrogen-bond donors (Lipinski definition) is 0. The number of thiophene rings is 1. The van der Waals surface area contributed by atoms with Crippen molar-refractivity contribution in [2.24, 2.45) is 0 Å². The molecule has 0 aliphatic carbocycles. The molecule has 3 heterocycles. The third kappa shape index (κ3) is 4.54. The molecule has 5 heteroatoms. The van der Waals surface area contributed by atoms with E-state index in [2.05, 4.69) is 134 Å². The number of benzene rings is 6. The fraction of sp³-hybridized carbons (Fsp3) is 0.0714. The van der Waals surface area contributed by atoms with Gasteiger partial charge in [-0.1, -0.05) is 98.8 Å². The molecular weight excluding hydrogens is 593 g/mol. The van der Waals surface area contributed by atoms with Gasteiger partial charge in [-0.25, -0.2) is 15.0 Å². The highest BCUT2D eigenvalue weighted by Crippen LogP contribution is 2.51. The van der Waals surface area contributed by atoms with Crippen molar-refractivity contribution in [1.29, 1.82) is 0 Å². The van der Waals surface area contributed by atoms with Gasteiger partial charge in [-0.05, 0) is 71.8 Å². The molecule has 1 aliphatic heterocycles. The second kappa shape index (κ2) is 10.7. The van der Waals surface area contributed by atoms with Crippen LogP contribution in [0.25, 0.3) is 54.3 Å². The molecule has 0 amide bonds. The number of para-hydroxylation sites is 2. The third-order valence-electron chi connectivity index (χ3n) is 9.32. The Balaban J connectivity index is 1.17. The average molecular weight is 623 g/mol. The Morgan fingerprint density at radius 1 is 0.468 bits per heavy atom. The second-order valence-corrected chi connectivity index (χ2v) is 13.6. The smallest absolute Gasteiger partial charge is 0.164 e. The second-order valence-electron chi connectivity index (χ2n) is 12.5. The van der Waals surface area contributed by atoms with Crippen LogP contribution in [0.5, 0.6) is 0 Å². The number of fused-ring (bicyclic) bond motifs is 5. The van der Waals surface area contributed by atoms with E-state index < -0.39 is 0 Å². The zero-order valence-electron chi connectivity index (χ0n) is 26.1. The molecule has 0 N–H and O–H groups in total. The van der Waals surface area contributed by atoms with Crippen LogP contribution in [-0.4, -0.2) is 15.0 Å². The molecule has 0 radical (unpaired) electrons. The van der Waals surface area contributed by atoms with Crippen molar-refractivity contribution in [2.75, 3.05) is 4.90 Å². The van der Waals surface area contributed by atoms with Crippen LogP contribution >= 0.6 is 11.3 Å². The summed E-state index contributed by atoms with van der Waals surface area (Å²) in [7, 11) is 0. The maximum absolute atomic E-state index is 5.07. The summed E-state index contributed by atoms with van der Waals surface area (Å²) in [6.07, 6.45) is 0. The number of hydrogen-bond acceptors (Lipinski definition) is 5. The Morgan fingerprint density at radius 2 is 0.979 bits per heavy atom. The largest absolute Gasteiger partial charge is 0.310 e. The third-order valence-corrected chi connectivity index (χ3v) is 10.5. The Hall–Kier alpha value is -5.65. The van der Waals surface area contributed by atoms with Crippen LogP contribution < -0.4 is 4.90 Å². The van der Waals surface area contributed by atoms with Crippen LogP contribution in [0.1, 0.15) is 25.0 Å². The van der Waals surface area contributed by atoms with Crippen molar-refractivity contribution in [3.63, 3.8) is 0 Å². The van der Waals surface area contributed by atoms with Crippen molar-refractivity contribution in [1.82, 2.24) is 15.0 Å². The zero-order chi connectivity index (χ0) is 31.5. The van der Waals surface area contributed by atoms with Crippen LogP contribution in [-0.2, 0) is 5.41 Å². The van der Waals surface area contributed by atoms with Crippen LogP contribution in [0.3, 0.4) is 0 Å². The summed E-state index contributed by atoms with van der Waals surface area (Å²) in [6, 6.07) is 51.3. The Kier molecular flexibility index (Phi) is 6.30. The van der Waals surface area contributed by atoms with Gasteiger partial charge in [0, 0.05) is 48.0 Å². The highest BCUT2D eigenvalue weighted by Gasteiger charge is 2.36. The topological polar surface area (TPSA) is 41.9 Å². The number of anilines is 3. The van der Waals surface area contributed by atoms with E-state index in [1.165, 1.54) is 42.7 Å². The molecule has 0 bridgehead atoms. The zero-order valence-corrected chi connectivity index (χ0v) is 26.9. The molecule has 0 saturated carbocycles. The van der Waals surface area contributed by atoms with Crippen LogP contribution in [0.4, 0.5) is 17.1 Å². The lowest BCUT2D eigenvalue weighted by atomic mass is 9.73. The monoisotopic (exact) mass is 622 g/mol. The van der Waals surface area contributed by atoms with Crippen LogP contribution in [0.2, 0.25) is 0 Å². The Labute approximate surface area is 277 Å². The van der Waals surface area contributed by atoms with E-state index in [1.54, 1.807) is 0 Å². The van der Waals surface area contributed by atoms with Gasteiger partial charge < -0.3 is 4.90 Å². The lowest BCUT2D eigenvalue weighted by Crippen LogP contribution is -2.30. The van der Waals surface area contributed by atoms with E-state index in [0.717, 1.165) is 22.4 Å². The van der Waals surface area contributed by atoms with Crippen LogP contribution in [0.15, 0.2) is 146 Å². The average Bonchev–Trinajstić information content (AvgIpc) is 3.50. The van der Waals surface area contributed by atoms with E-state index in [4.69, 9.17) is 15.0 Å². The molecule has 2 aromatic heterocycles. The maximum atomic E-state index is 5.07. The number of aromatic nitrogens is 3. The number of nitrogens with zero attached hydrogens (tertiary/aromatic N) is 4. The molecule has 8 aromatic rings. The minimum absolute atomic E-state index is 0.100. The normalized spacial score (nSPS) is 13.4. The SMILES string of the molecule is CC1(C)c2ccccc2N(c2ccc(-c3nc(-c4ccccc4)nc(-c4ccc5sc6ccccc6c5c4)n3)cc2)c2ccccc21. The first kappa shape index (κ1) is 27.6. The van der Waals surface area contributed by atoms with Crippen molar-refractivity contribution in [3.8, 4) is 34.2 Å².